The molecule has 0 atom stereocenters. The van der Waals surface area contributed by atoms with Crippen molar-refractivity contribution in [2.24, 2.45) is 0 Å². The van der Waals surface area contributed by atoms with Gasteiger partial charge in [-0.15, -0.1) is 0 Å². The Morgan fingerprint density at radius 1 is 1.58 bits per heavy atom. The van der Waals surface area contributed by atoms with Gasteiger partial charge in [-0.25, -0.2) is 4.79 Å². The molecule has 0 spiro atoms. The number of nitrogens with zero attached hydrogens (tertiary/aromatic N) is 2. The lowest BCUT2D eigenvalue weighted by molar-refractivity contribution is 0.0685. The molecule has 0 unspecified atom stereocenters. The van der Waals surface area contributed by atoms with Crippen molar-refractivity contribution in [1.82, 2.24) is 5.16 Å². The normalized spacial score (nSPS) is 9.89. The van der Waals surface area contributed by atoms with E-state index in [9.17, 15) is 4.79 Å². The highest BCUT2D eigenvalue weighted by atomic mass is 35.5. The zero-order valence-corrected chi connectivity index (χ0v) is 10.2. The molecule has 7 heteroatoms. The van der Waals surface area contributed by atoms with Gasteiger partial charge < -0.3 is 14.4 Å². The van der Waals surface area contributed by atoms with Crippen molar-refractivity contribution >= 4 is 17.6 Å². The van der Waals surface area contributed by atoms with E-state index in [0.717, 1.165) is 0 Å². The number of carboxylic acids is 1. The van der Waals surface area contributed by atoms with Crippen molar-refractivity contribution in [3.63, 3.8) is 0 Å². The number of benzene rings is 1. The minimum Gasteiger partial charge on any atom is -0.484 e. The average Bonchev–Trinajstić information content (AvgIpc) is 2.85. The fraction of sp³-hybridized carbons (Fsp3) is 0.0833. The van der Waals surface area contributed by atoms with E-state index in [4.69, 9.17) is 31.2 Å². The molecule has 1 aromatic carbocycles. The Balaban J connectivity index is 2.12. The summed E-state index contributed by atoms with van der Waals surface area (Å²) in [7, 11) is 0. The van der Waals surface area contributed by atoms with Gasteiger partial charge in [0, 0.05) is 6.07 Å². The largest absolute Gasteiger partial charge is 0.484 e. The molecule has 0 aliphatic carbocycles. The number of ether oxygens (including phenoxy) is 1. The summed E-state index contributed by atoms with van der Waals surface area (Å²) >= 11 is 5.84. The molecule has 0 aliphatic heterocycles. The molecule has 0 aliphatic rings. The molecule has 2 aromatic rings. The molecular formula is C12H7ClN2O4. The van der Waals surface area contributed by atoms with Gasteiger partial charge in [-0.2, -0.15) is 5.26 Å². The molecule has 2 rings (SSSR count). The zero-order chi connectivity index (χ0) is 13.8. The standard InChI is InChI=1S/C12H7ClN2O4/c13-9-2-1-3-11(8(9)5-14)18-6-7-4-10(12(16)17)15-19-7/h1-4H,6H2,(H,16,17). The number of halogens is 1. The van der Waals surface area contributed by atoms with Crippen molar-refractivity contribution < 1.29 is 19.2 Å². The smallest absolute Gasteiger partial charge is 0.358 e. The number of nitriles is 1. The van der Waals surface area contributed by atoms with Gasteiger partial charge in [-0.05, 0) is 12.1 Å². The van der Waals surface area contributed by atoms with Crippen LogP contribution < -0.4 is 4.74 Å². The fourth-order valence-electron chi connectivity index (χ4n) is 1.36. The maximum absolute atomic E-state index is 10.6. The third-order valence-electron chi connectivity index (χ3n) is 2.24. The molecule has 0 saturated carbocycles. The molecular weight excluding hydrogens is 272 g/mol. The summed E-state index contributed by atoms with van der Waals surface area (Å²) in [5.41, 5.74) is 0.00680. The zero-order valence-electron chi connectivity index (χ0n) is 9.46. The maximum atomic E-state index is 10.6. The van der Waals surface area contributed by atoms with Crippen LogP contribution in [0, 0.1) is 11.3 Å². The summed E-state index contributed by atoms with van der Waals surface area (Å²) in [5, 5.41) is 21.2. The van der Waals surface area contributed by atoms with Crippen LogP contribution in [-0.2, 0) is 6.61 Å². The lowest BCUT2D eigenvalue weighted by Crippen LogP contribution is -1.97. The van der Waals surface area contributed by atoms with Crippen LogP contribution in [0.2, 0.25) is 5.02 Å². The molecule has 1 aromatic heterocycles. The van der Waals surface area contributed by atoms with E-state index >= 15 is 0 Å². The van der Waals surface area contributed by atoms with Gasteiger partial charge in [0.25, 0.3) is 0 Å². The minimum atomic E-state index is -1.18. The summed E-state index contributed by atoms with van der Waals surface area (Å²) in [6.45, 7) is -0.0463. The number of carbonyl (C=O) groups is 1. The number of hydrogen-bond donors (Lipinski definition) is 1. The first-order valence-corrected chi connectivity index (χ1v) is 5.50. The third kappa shape index (κ3) is 2.84. The Labute approximate surface area is 112 Å². The van der Waals surface area contributed by atoms with Gasteiger partial charge in [-0.1, -0.05) is 22.8 Å². The van der Waals surface area contributed by atoms with Crippen LogP contribution in [0.5, 0.6) is 5.75 Å². The molecule has 19 heavy (non-hydrogen) atoms. The van der Waals surface area contributed by atoms with E-state index in [-0.39, 0.29) is 28.6 Å². The topological polar surface area (TPSA) is 96.3 Å². The van der Waals surface area contributed by atoms with Gasteiger partial charge in [0.2, 0.25) is 0 Å². The lowest BCUT2D eigenvalue weighted by Gasteiger charge is -2.06. The summed E-state index contributed by atoms with van der Waals surface area (Å²) in [5.74, 6) is -0.653. The second kappa shape index (κ2) is 5.42. The van der Waals surface area contributed by atoms with Crippen LogP contribution >= 0.6 is 11.6 Å². The number of carboxylic acid groups (broad SMARTS) is 1. The first kappa shape index (κ1) is 12.9. The number of rotatable bonds is 4. The third-order valence-corrected chi connectivity index (χ3v) is 2.55. The SMILES string of the molecule is N#Cc1c(Cl)cccc1OCc1cc(C(=O)O)no1. The number of aromatic carboxylic acids is 1. The highest BCUT2D eigenvalue weighted by Gasteiger charge is 2.12. The van der Waals surface area contributed by atoms with Gasteiger partial charge in [0.1, 0.15) is 24.0 Å². The van der Waals surface area contributed by atoms with Gasteiger partial charge >= 0.3 is 5.97 Å². The molecule has 96 valence electrons. The first-order chi connectivity index (χ1) is 9.11. The Hall–Kier alpha value is -2.52. The minimum absolute atomic E-state index is 0.0463. The van der Waals surface area contributed by atoms with E-state index in [1.165, 1.54) is 6.07 Å². The van der Waals surface area contributed by atoms with Crippen molar-refractivity contribution in [2.45, 2.75) is 6.61 Å². The molecule has 0 bridgehead atoms. The predicted molar refractivity (Wildman–Crippen MR) is 64.0 cm³/mol. The summed E-state index contributed by atoms with van der Waals surface area (Å²) < 4.78 is 10.1. The van der Waals surface area contributed by atoms with Gasteiger partial charge in [-0.3, -0.25) is 0 Å². The van der Waals surface area contributed by atoms with E-state index in [0.29, 0.717) is 5.75 Å². The molecule has 1 heterocycles. The molecule has 6 nitrogen and oxygen atoms in total. The molecule has 0 radical (unpaired) electrons. The first-order valence-electron chi connectivity index (χ1n) is 5.12. The Morgan fingerprint density at radius 3 is 3.00 bits per heavy atom. The van der Waals surface area contributed by atoms with Crippen molar-refractivity contribution in [3.8, 4) is 11.8 Å². The van der Waals surface area contributed by atoms with E-state index in [1.807, 2.05) is 6.07 Å². The van der Waals surface area contributed by atoms with E-state index in [1.54, 1.807) is 18.2 Å². The van der Waals surface area contributed by atoms with Crippen molar-refractivity contribution in [2.75, 3.05) is 0 Å². The molecule has 1 N–H and O–H groups in total. The van der Waals surface area contributed by atoms with E-state index in [2.05, 4.69) is 5.16 Å². The summed E-state index contributed by atoms with van der Waals surface area (Å²) in [6.07, 6.45) is 0. The number of hydrogen-bond acceptors (Lipinski definition) is 5. The molecule has 0 amide bonds. The highest BCUT2D eigenvalue weighted by Crippen LogP contribution is 2.26. The van der Waals surface area contributed by atoms with Crippen molar-refractivity contribution in [3.05, 3.63) is 46.3 Å². The highest BCUT2D eigenvalue weighted by molar-refractivity contribution is 6.31. The maximum Gasteiger partial charge on any atom is 0.358 e. The molecule has 0 saturated heterocycles. The monoisotopic (exact) mass is 278 g/mol. The fourth-order valence-corrected chi connectivity index (χ4v) is 1.57. The van der Waals surface area contributed by atoms with Crippen LogP contribution in [-0.4, -0.2) is 16.2 Å². The number of aromatic nitrogens is 1. The van der Waals surface area contributed by atoms with E-state index < -0.39 is 5.97 Å². The molecule has 0 fully saturated rings. The van der Waals surface area contributed by atoms with Gasteiger partial charge in [0.05, 0.1) is 5.02 Å². The summed E-state index contributed by atoms with van der Waals surface area (Å²) in [4.78, 5) is 10.6. The Kier molecular flexibility index (Phi) is 3.68. The van der Waals surface area contributed by atoms with Crippen LogP contribution in [0.25, 0.3) is 0 Å². The van der Waals surface area contributed by atoms with Crippen molar-refractivity contribution in [1.29, 1.82) is 5.26 Å². The van der Waals surface area contributed by atoms with Crippen LogP contribution in [0.4, 0.5) is 0 Å². The Morgan fingerprint density at radius 2 is 2.37 bits per heavy atom. The quantitative estimate of drug-likeness (QED) is 0.923. The van der Waals surface area contributed by atoms with Crippen LogP contribution in [0.15, 0.2) is 28.8 Å². The Bertz CT molecular complexity index is 660. The average molecular weight is 279 g/mol. The summed E-state index contributed by atoms with van der Waals surface area (Å²) in [6, 6.07) is 7.97. The lowest BCUT2D eigenvalue weighted by atomic mass is 10.2. The van der Waals surface area contributed by atoms with Gasteiger partial charge in [0.15, 0.2) is 11.5 Å². The van der Waals surface area contributed by atoms with Crippen LogP contribution in [0.1, 0.15) is 21.8 Å². The second-order valence-corrected chi connectivity index (χ2v) is 3.90. The second-order valence-electron chi connectivity index (χ2n) is 3.50. The van der Waals surface area contributed by atoms with Crippen LogP contribution in [0.3, 0.4) is 0 Å². The predicted octanol–water partition coefficient (Wildman–Crippen LogP) is 2.48.